The zero-order chi connectivity index (χ0) is 23.5. The lowest BCUT2D eigenvalue weighted by Crippen LogP contribution is -2.50. The van der Waals surface area contributed by atoms with E-state index >= 15 is 0 Å². The molecule has 6 heteroatoms. The minimum Gasteiger partial charge on any atom is -0.486 e. The molecule has 0 saturated heterocycles. The molecule has 0 radical (unpaired) electrons. The number of benzene rings is 2. The molecular weight excluding hydrogens is 416 g/mol. The van der Waals surface area contributed by atoms with Crippen LogP contribution in [0.1, 0.15) is 50.7 Å². The Labute approximate surface area is 197 Å². The molecule has 1 atom stereocenters. The maximum atomic E-state index is 13.4. The van der Waals surface area contributed by atoms with Gasteiger partial charge in [0.1, 0.15) is 19.3 Å². The van der Waals surface area contributed by atoms with Crippen LogP contribution in [0, 0.1) is 0 Å². The third-order valence-corrected chi connectivity index (χ3v) is 5.93. The quantitative estimate of drug-likeness (QED) is 0.491. The van der Waals surface area contributed by atoms with Gasteiger partial charge in [0.2, 0.25) is 11.8 Å². The number of amides is 2. The van der Waals surface area contributed by atoms with E-state index in [4.69, 9.17) is 9.47 Å². The van der Waals surface area contributed by atoms with Crippen molar-refractivity contribution in [3.05, 3.63) is 59.7 Å². The molecule has 0 saturated carbocycles. The highest BCUT2D eigenvalue weighted by Gasteiger charge is 2.28. The first kappa shape index (κ1) is 24.6. The molecule has 2 amide bonds. The number of hydrogen-bond acceptors (Lipinski definition) is 4. The van der Waals surface area contributed by atoms with Gasteiger partial charge in [0.05, 0.1) is 0 Å². The fraction of sp³-hybridized carbons (Fsp3) is 0.481. The summed E-state index contributed by atoms with van der Waals surface area (Å²) in [6.07, 6.45) is 4.18. The second-order valence-electron chi connectivity index (χ2n) is 8.37. The van der Waals surface area contributed by atoms with E-state index in [9.17, 15) is 9.59 Å². The molecule has 1 heterocycles. The van der Waals surface area contributed by atoms with Crippen molar-refractivity contribution in [3.8, 4) is 11.5 Å². The average molecular weight is 453 g/mol. The lowest BCUT2D eigenvalue weighted by molar-refractivity contribution is -0.140. The van der Waals surface area contributed by atoms with Gasteiger partial charge in [-0.15, -0.1) is 0 Å². The fourth-order valence-electron chi connectivity index (χ4n) is 4.04. The number of nitrogens with zero attached hydrogens (tertiary/aromatic N) is 1. The Kier molecular flexibility index (Phi) is 9.60. The van der Waals surface area contributed by atoms with Gasteiger partial charge < -0.3 is 19.7 Å². The number of ether oxygens (including phenoxy) is 2. The van der Waals surface area contributed by atoms with Gasteiger partial charge in [-0.05, 0) is 48.9 Å². The zero-order valence-electron chi connectivity index (χ0n) is 19.8. The summed E-state index contributed by atoms with van der Waals surface area (Å²) in [5, 5.41) is 3.01. The van der Waals surface area contributed by atoms with Crippen molar-refractivity contribution in [2.24, 2.45) is 0 Å². The molecule has 1 unspecified atom stereocenters. The van der Waals surface area contributed by atoms with Crippen LogP contribution in [0.2, 0.25) is 0 Å². The van der Waals surface area contributed by atoms with Crippen LogP contribution in [0.5, 0.6) is 11.5 Å². The Hall–Kier alpha value is -3.02. The van der Waals surface area contributed by atoms with Gasteiger partial charge in [-0.3, -0.25) is 9.59 Å². The molecule has 6 nitrogen and oxygen atoms in total. The summed E-state index contributed by atoms with van der Waals surface area (Å²) in [6, 6.07) is 15.5. The van der Waals surface area contributed by atoms with E-state index < -0.39 is 6.04 Å². The highest BCUT2D eigenvalue weighted by molar-refractivity contribution is 5.87. The predicted molar refractivity (Wildman–Crippen MR) is 130 cm³/mol. The molecule has 0 fully saturated rings. The van der Waals surface area contributed by atoms with Crippen molar-refractivity contribution in [1.29, 1.82) is 0 Å². The van der Waals surface area contributed by atoms with Crippen molar-refractivity contribution >= 4 is 11.8 Å². The summed E-state index contributed by atoms with van der Waals surface area (Å²) in [5.41, 5.74) is 2.18. The van der Waals surface area contributed by atoms with E-state index in [0.29, 0.717) is 45.6 Å². The van der Waals surface area contributed by atoms with Crippen molar-refractivity contribution < 1.29 is 19.1 Å². The second kappa shape index (κ2) is 12.9. The Morgan fingerprint density at radius 2 is 1.73 bits per heavy atom. The number of hydrogen-bond donors (Lipinski definition) is 1. The number of fused-ring (bicyclic) bond motifs is 1. The molecular formula is C27H36N2O4. The van der Waals surface area contributed by atoms with E-state index in [1.54, 1.807) is 4.90 Å². The highest BCUT2D eigenvalue weighted by Crippen LogP contribution is 2.31. The van der Waals surface area contributed by atoms with Crippen LogP contribution in [0.3, 0.4) is 0 Å². The first-order chi connectivity index (χ1) is 16.1. The molecule has 0 aliphatic carbocycles. The van der Waals surface area contributed by atoms with Crippen molar-refractivity contribution in [2.45, 2.75) is 58.4 Å². The summed E-state index contributed by atoms with van der Waals surface area (Å²) < 4.78 is 11.3. The minimum absolute atomic E-state index is 0.00156. The molecule has 0 bridgehead atoms. The van der Waals surface area contributed by atoms with Gasteiger partial charge in [0.15, 0.2) is 11.5 Å². The molecule has 3 rings (SSSR count). The lowest BCUT2D eigenvalue weighted by Gasteiger charge is -2.31. The van der Waals surface area contributed by atoms with Gasteiger partial charge >= 0.3 is 0 Å². The lowest BCUT2D eigenvalue weighted by atomic mass is 10.1. The third kappa shape index (κ3) is 7.24. The molecule has 178 valence electrons. The van der Waals surface area contributed by atoms with E-state index in [-0.39, 0.29) is 11.8 Å². The van der Waals surface area contributed by atoms with Crippen LogP contribution < -0.4 is 14.8 Å². The van der Waals surface area contributed by atoms with Crippen LogP contribution in [0.4, 0.5) is 0 Å². The van der Waals surface area contributed by atoms with Crippen molar-refractivity contribution in [1.82, 2.24) is 10.2 Å². The minimum atomic E-state index is -0.460. The van der Waals surface area contributed by atoms with Gasteiger partial charge in [-0.1, -0.05) is 56.7 Å². The molecule has 2 aromatic rings. The van der Waals surface area contributed by atoms with Crippen LogP contribution in [-0.4, -0.2) is 49.1 Å². The summed E-state index contributed by atoms with van der Waals surface area (Å²) in [7, 11) is 0. The third-order valence-electron chi connectivity index (χ3n) is 5.93. The standard InChI is InChI=1S/C27H36N2O4/c1-3-5-16-28-27(31)23(4-2)29(17-15-21-9-7-6-8-10-21)26(30)14-12-22-11-13-24-25(20-22)33-19-18-32-24/h6-11,13,20,23H,3-5,12,14-19H2,1-2H3,(H,28,31). The van der Waals surface area contributed by atoms with Crippen molar-refractivity contribution in [2.75, 3.05) is 26.3 Å². The number of carbonyl (C=O) groups is 2. The SMILES string of the molecule is CCCCNC(=O)C(CC)N(CCc1ccccc1)C(=O)CCc1ccc2c(c1)OCCO2. The zero-order valence-corrected chi connectivity index (χ0v) is 19.8. The molecule has 33 heavy (non-hydrogen) atoms. The van der Waals surface area contributed by atoms with Crippen LogP contribution >= 0.6 is 0 Å². The maximum absolute atomic E-state index is 13.4. The molecule has 2 aromatic carbocycles. The molecule has 1 aliphatic heterocycles. The maximum Gasteiger partial charge on any atom is 0.242 e. The number of nitrogens with one attached hydrogen (secondary N) is 1. The van der Waals surface area contributed by atoms with E-state index in [1.165, 1.54) is 0 Å². The number of unbranched alkanes of at least 4 members (excludes halogenated alkanes) is 1. The summed E-state index contributed by atoms with van der Waals surface area (Å²) in [4.78, 5) is 28.0. The Bertz CT molecular complexity index is 900. The Morgan fingerprint density at radius 3 is 2.45 bits per heavy atom. The second-order valence-corrected chi connectivity index (χ2v) is 8.37. The summed E-state index contributed by atoms with van der Waals surface area (Å²) in [6.45, 7) is 6.31. The van der Waals surface area contributed by atoms with E-state index in [0.717, 1.165) is 41.9 Å². The highest BCUT2D eigenvalue weighted by atomic mass is 16.6. The number of carbonyl (C=O) groups excluding carboxylic acids is 2. The molecule has 1 N–H and O–H groups in total. The monoisotopic (exact) mass is 452 g/mol. The summed E-state index contributed by atoms with van der Waals surface area (Å²) in [5.74, 6) is 1.41. The first-order valence-corrected chi connectivity index (χ1v) is 12.1. The predicted octanol–water partition coefficient (Wildman–Crippen LogP) is 4.16. The smallest absolute Gasteiger partial charge is 0.242 e. The number of aryl methyl sites for hydroxylation is 1. The molecule has 0 aromatic heterocycles. The Balaban J connectivity index is 1.68. The summed E-state index contributed by atoms with van der Waals surface area (Å²) >= 11 is 0. The van der Waals surface area contributed by atoms with Gasteiger partial charge in [-0.25, -0.2) is 0 Å². The van der Waals surface area contributed by atoms with Crippen LogP contribution in [0.15, 0.2) is 48.5 Å². The van der Waals surface area contributed by atoms with Crippen LogP contribution in [-0.2, 0) is 22.4 Å². The van der Waals surface area contributed by atoms with Crippen molar-refractivity contribution in [3.63, 3.8) is 0 Å². The fourth-order valence-corrected chi connectivity index (χ4v) is 4.04. The normalized spacial score (nSPS) is 13.3. The van der Waals surface area contributed by atoms with Gasteiger partial charge in [-0.2, -0.15) is 0 Å². The largest absolute Gasteiger partial charge is 0.486 e. The topological polar surface area (TPSA) is 67.9 Å². The van der Waals surface area contributed by atoms with E-state index in [1.807, 2.05) is 43.3 Å². The van der Waals surface area contributed by atoms with E-state index in [2.05, 4.69) is 24.4 Å². The first-order valence-electron chi connectivity index (χ1n) is 12.1. The molecule has 0 spiro atoms. The average Bonchev–Trinajstić information content (AvgIpc) is 2.85. The Morgan fingerprint density at radius 1 is 0.970 bits per heavy atom. The number of rotatable bonds is 12. The van der Waals surface area contributed by atoms with Gasteiger partial charge in [0.25, 0.3) is 0 Å². The molecule has 1 aliphatic rings. The van der Waals surface area contributed by atoms with Crippen LogP contribution in [0.25, 0.3) is 0 Å². The van der Waals surface area contributed by atoms with Gasteiger partial charge in [0, 0.05) is 19.5 Å².